The Bertz CT molecular complexity index is 635. The summed E-state index contributed by atoms with van der Waals surface area (Å²) in [5.74, 6) is 0. The number of aliphatic hydroxyl groups is 1. The Morgan fingerprint density at radius 3 is 2.71 bits per heavy atom. The predicted molar refractivity (Wildman–Crippen MR) is 94.1 cm³/mol. The first-order valence-electron chi connectivity index (χ1n) is 8.65. The van der Waals surface area contributed by atoms with Crippen molar-refractivity contribution >= 4 is 0 Å². The maximum atomic E-state index is 9.45. The molecule has 6 heteroatoms. The van der Waals surface area contributed by atoms with Gasteiger partial charge in [0.1, 0.15) is 12.7 Å². The number of likely N-dealkylation sites (tertiary alicyclic amines) is 1. The van der Waals surface area contributed by atoms with E-state index in [2.05, 4.69) is 52.1 Å². The van der Waals surface area contributed by atoms with Crippen LogP contribution in [0.25, 0.3) is 5.69 Å². The molecule has 0 amide bonds. The Morgan fingerprint density at radius 2 is 2.08 bits per heavy atom. The van der Waals surface area contributed by atoms with Gasteiger partial charge in [0.2, 0.25) is 0 Å². The van der Waals surface area contributed by atoms with Crippen LogP contribution in [0.2, 0.25) is 0 Å². The summed E-state index contributed by atoms with van der Waals surface area (Å²) in [4.78, 5) is 8.82. The molecular formula is C18H27N5O. The van der Waals surface area contributed by atoms with Gasteiger partial charge >= 0.3 is 0 Å². The number of aryl methyl sites for hydroxylation is 1. The van der Waals surface area contributed by atoms with Crippen molar-refractivity contribution in [1.29, 1.82) is 0 Å². The van der Waals surface area contributed by atoms with Gasteiger partial charge in [-0.05, 0) is 57.1 Å². The fourth-order valence-electron chi connectivity index (χ4n) is 3.52. The van der Waals surface area contributed by atoms with Crippen molar-refractivity contribution in [3.8, 4) is 5.69 Å². The maximum Gasteiger partial charge on any atom is 0.138 e. The number of rotatable bonds is 6. The fraction of sp³-hybridized carbons (Fsp3) is 0.556. The van der Waals surface area contributed by atoms with E-state index in [-0.39, 0.29) is 6.61 Å². The second-order valence-corrected chi connectivity index (χ2v) is 6.69. The molecule has 1 aliphatic rings. The normalized spacial score (nSPS) is 16.8. The van der Waals surface area contributed by atoms with E-state index in [0.717, 1.165) is 31.9 Å². The van der Waals surface area contributed by atoms with Crippen LogP contribution in [-0.2, 0) is 6.54 Å². The highest BCUT2D eigenvalue weighted by molar-refractivity contribution is 5.41. The Kier molecular flexibility index (Phi) is 5.60. The number of aliphatic hydroxyl groups excluding tert-OH is 1. The molecule has 3 rings (SSSR count). The van der Waals surface area contributed by atoms with Crippen molar-refractivity contribution in [2.45, 2.75) is 32.4 Å². The number of aromatic nitrogens is 3. The highest BCUT2D eigenvalue weighted by atomic mass is 16.3. The van der Waals surface area contributed by atoms with Crippen LogP contribution < -0.4 is 0 Å². The summed E-state index contributed by atoms with van der Waals surface area (Å²) in [6, 6.07) is 7.04. The van der Waals surface area contributed by atoms with Gasteiger partial charge in [-0.15, -0.1) is 0 Å². The third-order valence-electron chi connectivity index (χ3n) is 4.90. The molecule has 2 heterocycles. The minimum absolute atomic E-state index is 0.211. The van der Waals surface area contributed by atoms with E-state index in [9.17, 15) is 5.11 Å². The number of hydrogen-bond acceptors (Lipinski definition) is 5. The van der Waals surface area contributed by atoms with Crippen LogP contribution in [0.1, 0.15) is 24.0 Å². The lowest BCUT2D eigenvalue weighted by atomic mass is 10.0. The van der Waals surface area contributed by atoms with E-state index >= 15 is 0 Å². The third kappa shape index (κ3) is 4.01. The number of nitrogens with zero attached hydrogens (tertiary/aromatic N) is 5. The van der Waals surface area contributed by atoms with E-state index in [4.69, 9.17) is 0 Å². The van der Waals surface area contributed by atoms with Crippen molar-refractivity contribution in [2.24, 2.45) is 0 Å². The van der Waals surface area contributed by atoms with Crippen molar-refractivity contribution in [1.82, 2.24) is 24.6 Å². The minimum atomic E-state index is 0.211. The number of hydrogen-bond donors (Lipinski definition) is 1. The zero-order chi connectivity index (χ0) is 16.9. The standard InChI is InChI=1S/C18H27N5O/c1-15-11-16(3-4-18(15)23-14-19-13-20-23)12-22(9-10-24)17-5-7-21(2)8-6-17/h3-4,11,13-14,17,24H,5-10,12H2,1-2H3. The first kappa shape index (κ1) is 17.1. The van der Waals surface area contributed by atoms with Crippen molar-refractivity contribution in [2.75, 3.05) is 33.3 Å². The summed E-state index contributed by atoms with van der Waals surface area (Å²) in [6.45, 7) is 6.20. The summed E-state index contributed by atoms with van der Waals surface area (Å²) >= 11 is 0. The summed E-state index contributed by atoms with van der Waals surface area (Å²) in [5.41, 5.74) is 3.53. The molecule has 6 nitrogen and oxygen atoms in total. The molecule has 0 aliphatic carbocycles. The Hall–Kier alpha value is -1.76. The quantitative estimate of drug-likeness (QED) is 0.870. The van der Waals surface area contributed by atoms with Crippen LogP contribution in [0.15, 0.2) is 30.9 Å². The summed E-state index contributed by atoms with van der Waals surface area (Å²) in [7, 11) is 2.18. The molecule has 1 aromatic carbocycles. The van der Waals surface area contributed by atoms with Gasteiger partial charge in [0.15, 0.2) is 0 Å². The Morgan fingerprint density at radius 1 is 1.29 bits per heavy atom. The van der Waals surface area contributed by atoms with Crippen LogP contribution in [0.4, 0.5) is 0 Å². The highest BCUT2D eigenvalue weighted by Gasteiger charge is 2.23. The molecule has 130 valence electrons. The number of piperidine rings is 1. The van der Waals surface area contributed by atoms with Crippen molar-refractivity contribution < 1.29 is 5.11 Å². The van der Waals surface area contributed by atoms with Gasteiger partial charge in [0.05, 0.1) is 12.3 Å². The predicted octanol–water partition coefficient (Wildman–Crippen LogP) is 1.46. The minimum Gasteiger partial charge on any atom is -0.395 e. The molecule has 0 saturated carbocycles. The van der Waals surface area contributed by atoms with Crippen LogP contribution >= 0.6 is 0 Å². The van der Waals surface area contributed by atoms with Crippen molar-refractivity contribution in [3.05, 3.63) is 42.0 Å². The van der Waals surface area contributed by atoms with Crippen LogP contribution in [0.5, 0.6) is 0 Å². The largest absolute Gasteiger partial charge is 0.395 e. The zero-order valence-corrected chi connectivity index (χ0v) is 14.6. The second kappa shape index (κ2) is 7.88. The van der Waals surface area contributed by atoms with Gasteiger partial charge in [-0.1, -0.05) is 12.1 Å². The number of benzene rings is 1. The van der Waals surface area contributed by atoms with Crippen molar-refractivity contribution in [3.63, 3.8) is 0 Å². The SMILES string of the molecule is Cc1cc(CN(CCO)C2CCN(C)CC2)ccc1-n1cncn1. The lowest BCUT2D eigenvalue weighted by Gasteiger charge is -2.37. The molecule has 1 saturated heterocycles. The topological polar surface area (TPSA) is 57.4 Å². The molecule has 0 radical (unpaired) electrons. The lowest BCUT2D eigenvalue weighted by molar-refractivity contribution is 0.0941. The van der Waals surface area contributed by atoms with Gasteiger partial charge < -0.3 is 10.0 Å². The first-order valence-corrected chi connectivity index (χ1v) is 8.65. The summed E-state index contributed by atoms with van der Waals surface area (Å²) < 4.78 is 1.79. The highest BCUT2D eigenvalue weighted by Crippen LogP contribution is 2.20. The molecular weight excluding hydrogens is 302 g/mol. The molecule has 0 atom stereocenters. The summed E-state index contributed by atoms with van der Waals surface area (Å²) in [6.07, 6.45) is 5.62. The molecule has 1 aliphatic heterocycles. The smallest absolute Gasteiger partial charge is 0.138 e. The van der Waals surface area contributed by atoms with Gasteiger partial charge in [-0.3, -0.25) is 4.90 Å². The average Bonchev–Trinajstić information content (AvgIpc) is 3.09. The van der Waals surface area contributed by atoms with Crippen LogP contribution in [-0.4, -0.2) is 69.0 Å². The molecule has 1 aromatic heterocycles. The molecule has 0 unspecified atom stereocenters. The third-order valence-corrected chi connectivity index (χ3v) is 4.90. The molecule has 1 fully saturated rings. The fourth-order valence-corrected chi connectivity index (χ4v) is 3.52. The van der Waals surface area contributed by atoms with Crippen LogP contribution in [0.3, 0.4) is 0 Å². The molecule has 1 N–H and O–H groups in total. The average molecular weight is 329 g/mol. The Labute approximate surface area is 143 Å². The zero-order valence-electron chi connectivity index (χ0n) is 14.6. The molecule has 0 bridgehead atoms. The van der Waals surface area contributed by atoms with Gasteiger partial charge in [0.25, 0.3) is 0 Å². The van der Waals surface area contributed by atoms with E-state index in [1.807, 2.05) is 0 Å². The van der Waals surface area contributed by atoms with Gasteiger partial charge in [-0.25, -0.2) is 9.67 Å². The van der Waals surface area contributed by atoms with Gasteiger partial charge in [-0.2, -0.15) is 5.10 Å². The molecule has 24 heavy (non-hydrogen) atoms. The lowest BCUT2D eigenvalue weighted by Crippen LogP contribution is -2.44. The summed E-state index contributed by atoms with van der Waals surface area (Å²) in [5, 5.41) is 13.7. The van der Waals surface area contributed by atoms with E-state index in [0.29, 0.717) is 6.04 Å². The Balaban J connectivity index is 1.71. The first-order chi connectivity index (χ1) is 11.7. The van der Waals surface area contributed by atoms with Crippen LogP contribution in [0, 0.1) is 6.92 Å². The molecule has 0 spiro atoms. The van der Waals surface area contributed by atoms with E-state index in [1.54, 1.807) is 17.3 Å². The maximum absolute atomic E-state index is 9.45. The molecule has 2 aromatic rings. The second-order valence-electron chi connectivity index (χ2n) is 6.69. The van der Waals surface area contributed by atoms with Gasteiger partial charge in [0, 0.05) is 19.1 Å². The van der Waals surface area contributed by atoms with E-state index in [1.165, 1.54) is 24.0 Å². The monoisotopic (exact) mass is 329 g/mol. The van der Waals surface area contributed by atoms with E-state index < -0.39 is 0 Å².